The van der Waals surface area contributed by atoms with Crippen molar-refractivity contribution in [2.24, 2.45) is 0 Å². The minimum atomic E-state index is -0.487. The Bertz CT molecular complexity index is 818. The molecule has 6 nitrogen and oxygen atoms in total. The lowest BCUT2D eigenvalue weighted by Crippen LogP contribution is -2.32. The zero-order valence-corrected chi connectivity index (χ0v) is 16.5. The highest BCUT2D eigenvalue weighted by atomic mass is 16.5. The highest BCUT2D eigenvalue weighted by Crippen LogP contribution is 2.27. The van der Waals surface area contributed by atoms with Gasteiger partial charge in [0.15, 0.2) is 6.61 Å². The van der Waals surface area contributed by atoms with Gasteiger partial charge in [0.2, 0.25) is 5.91 Å². The maximum Gasteiger partial charge on any atom is 0.259 e. The molecular weight excluding hydrogens is 342 g/mol. The van der Waals surface area contributed by atoms with Gasteiger partial charge in [0.05, 0.1) is 5.69 Å². The molecule has 0 radical (unpaired) electrons. The Kier molecular flexibility index (Phi) is 6.82. The second-order valence-corrected chi connectivity index (χ2v) is 6.75. The van der Waals surface area contributed by atoms with Crippen molar-refractivity contribution in [3.05, 3.63) is 53.6 Å². The first-order chi connectivity index (χ1) is 12.8. The van der Waals surface area contributed by atoms with Gasteiger partial charge in [-0.2, -0.15) is 0 Å². The number of likely N-dealkylation sites (N-methyl/N-ethyl adjacent to an activating group) is 1. The van der Waals surface area contributed by atoms with Crippen molar-refractivity contribution in [3.8, 4) is 5.75 Å². The number of hydrogen-bond donors (Lipinski definition) is 2. The second kappa shape index (κ2) is 9.07. The van der Waals surface area contributed by atoms with Crippen LogP contribution in [0.15, 0.2) is 42.5 Å². The number of nitrogens with one attached hydrogen (secondary N) is 2. The van der Waals surface area contributed by atoms with E-state index in [1.807, 2.05) is 56.3 Å². The van der Waals surface area contributed by atoms with Gasteiger partial charge in [-0.1, -0.05) is 24.3 Å². The average molecular weight is 369 g/mol. The van der Waals surface area contributed by atoms with Crippen LogP contribution in [0.1, 0.15) is 18.1 Å². The summed E-state index contributed by atoms with van der Waals surface area (Å²) in [6, 6.07) is 12.8. The molecule has 0 heterocycles. The van der Waals surface area contributed by atoms with Crippen LogP contribution in [0, 0.1) is 13.8 Å². The van der Waals surface area contributed by atoms with Gasteiger partial charge in [-0.15, -0.1) is 0 Å². The van der Waals surface area contributed by atoms with Crippen LogP contribution in [0.2, 0.25) is 0 Å². The predicted octanol–water partition coefficient (Wildman–Crippen LogP) is 3.21. The molecule has 2 N–H and O–H groups in total. The van der Waals surface area contributed by atoms with Gasteiger partial charge >= 0.3 is 0 Å². The van der Waals surface area contributed by atoms with Crippen LogP contribution in [-0.4, -0.2) is 43.5 Å². The molecule has 1 atom stereocenters. The lowest BCUT2D eigenvalue weighted by atomic mass is 10.1. The molecule has 6 heteroatoms. The summed E-state index contributed by atoms with van der Waals surface area (Å²) < 4.78 is 5.67. The maximum absolute atomic E-state index is 12.5. The first-order valence-corrected chi connectivity index (χ1v) is 8.84. The van der Waals surface area contributed by atoms with Gasteiger partial charge in [-0.05, 0) is 50.1 Å². The van der Waals surface area contributed by atoms with E-state index in [1.165, 1.54) is 4.90 Å². The number of para-hydroxylation sites is 1. The van der Waals surface area contributed by atoms with E-state index < -0.39 is 6.04 Å². The third-order valence-corrected chi connectivity index (χ3v) is 4.16. The Morgan fingerprint density at radius 3 is 2.44 bits per heavy atom. The molecule has 2 amide bonds. The molecule has 0 spiro atoms. The summed E-state index contributed by atoms with van der Waals surface area (Å²) in [6.07, 6.45) is 0. The van der Waals surface area contributed by atoms with Crippen LogP contribution in [0.3, 0.4) is 0 Å². The van der Waals surface area contributed by atoms with Crippen LogP contribution in [-0.2, 0) is 9.59 Å². The van der Waals surface area contributed by atoms with Gasteiger partial charge < -0.3 is 20.3 Å². The molecule has 0 saturated heterocycles. The molecule has 0 aliphatic rings. The molecule has 2 rings (SSSR count). The molecule has 0 saturated carbocycles. The van der Waals surface area contributed by atoms with Gasteiger partial charge in [0.1, 0.15) is 11.8 Å². The SMILES string of the molecule is Cc1ccc(NC(C)C(=O)Nc2ccccc2C)c(OCC(=O)N(C)C)c1. The average Bonchev–Trinajstić information content (AvgIpc) is 2.63. The molecule has 0 aliphatic heterocycles. The number of aryl methyl sites for hydroxylation is 2. The van der Waals surface area contributed by atoms with Crippen molar-refractivity contribution in [1.29, 1.82) is 0 Å². The van der Waals surface area contributed by atoms with Crippen LogP contribution >= 0.6 is 0 Å². The zero-order chi connectivity index (χ0) is 20.0. The van der Waals surface area contributed by atoms with E-state index in [9.17, 15) is 9.59 Å². The number of hydrogen-bond acceptors (Lipinski definition) is 4. The monoisotopic (exact) mass is 369 g/mol. The van der Waals surface area contributed by atoms with Gasteiger partial charge in [-0.25, -0.2) is 0 Å². The van der Waals surface area contributed by atoms with Gasteiger partial charge in [0, 0.05) is 19.8 Å². The Balaban J connectivity index is 2.08. The van der Waals surface area contributed by atoms with Crippen molar-refractivity contribution < 1.29 is 14.3 Å². The fraction of sp³-hybridized carbons (Fsp3) is 0.333. The zero-order valence-electron chi connectivity index (χ0n) is 16.5. The van der Waals surface area contributed by atoms with Crippen molar-refractivity contribution >= 4 is 23.2 Å². The van der Waals surface area contributed by atoms with Crippen LogP contribution in [0.5, 0.6) is 5.75 Å². The Morgan fingerprint density at radius 2 is 1.78 bits per heavy atom. The summed E-state index contributed by atoms with van der Waals surface area (Å²) in [7, 11) is 3.36. The Labute approximate surface area is 160 Å². The van der Waals surface area contributed by atoms with Crippen LogP contribution < -0.4 is 15.4 Å². The Morgan fingerprint density at radius 1 is 1.07 bits per heavy atom. The molecule has 144 valence electrons. The number of ether oxygens (including phenoxy) is 1. The number of rotatable bonds is 7. The van der Waals surface area contributed by atoms with Crippen LogP contribution in [0.25, 0.3) is 0 Å². The van der Waals surface area contributed by atoms with Crippen molar-refractivity contribution in [1.82, 2.24) is 4.90 Å². The fourth-order valence-corrected chi connectivity index (χ4v) is 2.39. The normalized spacial score (nSPS) is 11.4. The highest BCUT2D eigenvalue weighted by molar-refractivity contribution is 5.97. The smallest absolute Gasteiger partial charge is 0.259 e. The third kappa shape index (κ3) is 5.74. The predicted molar refractivity (Wildman–Crippen MR) is 108 cm³/mol. The number of carbonyl (C=O) groups excluding carboxylic acids is 2. The van der Waals surface area contributed by atoms with E-state index in [1.54, 1.807) is 21.0 Å². The molecule has 2 aromatic rings. The lowest BCUT2D eigenvalue weighted by molar-refractivity contribution is -0.130. The maximum atomic E-state index is 12.5. The summed E-state index contributed by atoms with van der Waals surface area (Å²) in [5.74, 6) is 0.258. The Hall–Kier alpha value is -3.02. The standard InChI is InChI=1S/C21H27N3O3/c1-14-10-11-18(19(12-14)27-13-20(25)24(4)5)22-16(3)21(26)23-17-9-7-6-8-15(17)2/h6-12,16,22H,13H2,1-5H3,(H,23,26). The van der Waals surface area contributed by atoms with E-state index >= 15 is 0 Å². The van der Waals surface area contributed by atoms with Gasteiger partial charge in [-0.3, -0.25) is 9.59 Å². The number of benzene rings is 2. The van der Waals surface area contributed by atoms with Crippen molar-refractivity contribution in [2.75, 3.05) is 31.3 Å². The summed E-state index contributed by atoms with van der Waals surface area (Å²) in [5.41, 5.74) is 3.46. The van der Waals surface area contributed by atoms with E-state index in [2.05, 4.69) is 10.6 Å². The fourth-order valence-electron chi connectivity index (χ4n) is 2.39. The highest BCUT2D eigenvalue weighted by Gasteiger charge is 2.16. The lowest BCUT2D eigenvalue weighted by Gasteiger charge is -2.19. The van der Waals surface area contributed by atoms with Crippen molar-refractivity contribution in [2.45, 2.75) is 26.8 Å². The molecule has 27 heavy (non-hydrogen) atoms. The van der Waals surface area contributed by atoms with E-state index in [-0.39, 0.29) is 18.4 Å². The molecule has 2 aromatic carbocycles. The largest absolute Gasteiger partial charge is 0.482 e. The third-order valence-electron chi connectivity index (χ3n) is 4.16. The van der Waals surface area contributed by atoms with E-state index in [4.69, 9.17) is 4.74 Å². The number of anilines is 2. The quantitative estimate of drug-likeness (QED) is 0.786. The molecule has 0 fully saturated rings. The molecule has 0 aromatic heterocycles. The number of nitrogens with zero attached hydrogens (tertiary/aromatic N) is 1. The van der Waals surface area contributed by atoms with Crippen molar-refractivity contribution in [3.63, 3.8) is 0 Å². The second-order valence-electron chi connectivity index (χ2n) is 6.75. The minimum Gasteiger partial charge on any atom is -0.482 e. The molecule has 0 aliphatic carbocycles. The first kappa shape index (κ1) is 20.3. The molecule has 0 bridgehead atoms. The topological polar surface area (TPSA) is 70.7 Å². The number of amides is 2. The van der Waals surface area contributed by atoms with Gasteiger partial charge in [0.25, 0.3) is 5.91 Å². The molecule has 1 unspecified atom stereocenters. The minimum absolute atomic E-state index is 0.0606. The van der Waals surface area contributed by atoms with E-state index in [0.29, 0.717) is 11.4 Å². The molecular formula is C21H27N3O3. The van der Waals surface area contributed by atoms with Crippen LogP contribution in [0.4, 0.5) is 11.4 Å². The summed E-state index contributed by atoms with van der Waals surface area (Å²) in [5, 5.41) is 6.09. The summed E-state index contributed by atoms with van der Waals surface area (Å²) in [6.45, 7) is 5.61. The summed E-state index contributed by atoms with van der Waals surface area (Å²) >= 11 is 0. The first-order valence-electron chi connectivity index (χ1n) is 8.84. The summed E-state index contributed by atoms with van der Waals surface area (Å²) in [4.78, 5) is 25.8. The number of carbonyl (C=O) groups is 2. The van der Waals surface area contributed by atoms with E-state index in [0.717, 1.165) is 16.8 Å².